The van der Waals surface area contributed by atoms with Crippen molar-refractivity contribution < 1.29 is 4.79 Å². The molecule has 0 aromatic carbocycles. The molecule has 0 aromatic heterocycles. The Hall–Kier alpha value is -0.610. The number of hydrogen-bond donors (Lipinski definition) is 2. The van der Waals surface area contributed by atoms with Crippen molar-refractivity contribution in [1.29, 1.82) is 0 Å². The smallest absolute Gasteiger partial charge is 0.220 e. The zero-order chi connectivity index (χ0) is 12.0. The van der Waals surface area contributed by atoms with Gasteiger partial charge in [-0.05, 0) is 38.4 Å². The van der Waals surface area contributed by atoms with E-state index in [9.17, 15) is 4.79 Å². The number of nitrogens with one attached hydrogen (secondary N) is 1. The summed E-state index contributed by atoms with van der Waals surface area (Å²) in [6.45, 7) is 5.77. The summed E-state index contributed by atoms with van der Waals surface area (Å²) < 4.78 is 0. The Kier molecular flexibility index (Phi) is 5.77. The first-order valence-electron chi connectivity index (χ1n) is 6.31. The molecule has 2 unspecified atom stereocenters. The van der Waals surface area contributed by atoms with E-state index in [-0.39, 0.29) is 5.91 Å². The van der Waals surface area contributed by atoms with Crippen molar-refractivity contribution in [2.24, 2.45) is 17.6 Å². The predicted molar refractivity (Wildman–Crippen MR) is 66.1 cm³/mol. The Balaban J connectivity index is 2.14. The summed E-state index contributed by atoms with van der Waals surface area (Å²) in [7, 11) is 2.13. The maximum Gasteiger partial charge on any atom is 0.220 e. The largest absolute Gasteiger partial charge is 0.356 e. The van der Waals surface area contributed by atoms with Crippen LogP contribution in [0, 0.1) is 11.8 Å². The molecule has 16 heavy (non-hydrogen) atoms. The van der Waals surface area contributed by atoms with Gasteiger partial charge < -0.3 is 16.0 Å². The lowest BCUT2D eigenvalue weighted by Gasteiger charge is -2.14. The maximum atomic E-state index is 11.6. The zero-order valence-corrected chi connectivity index (χ0v) is 10.5. The van der Waals surface area contributed by atoms with Crippen molar-refractivity contribution in [3.05, 3.63) is 0 Å². The number of likely N-dealkylation sites (tertiary alicyclic amines) is 1. The molecule has 1 aliphatic rings. The van der Waals surface area contributed by atoms with Gasteiger partial charge in [-0.15, -0.1) is 0 Å². The normalized spacial score (nSPS) is 23.3. The van der Waals surface area contributed by atoms with Crippen molar-refractivity contribution in [1.82, 2.24) is 10.2 Å². The lowest BCUT2D eigenvalue weighted by atomic mass is 10.0. The SMILES string of the molecule is CCC(CN)CC(=O)NCC1CCN(C)C1. The number of carbonyl (C=O) groups excluding carboxylic acids is 1. The fourth-order valence-corrected chi connectivity index (χ4v) is 2.18. The van der Waals surface area contributed by atoms with Crippen LogP contribution in [0.15, 0.2) is 0 Å². The van der Waals surface area contributed by atoms with Gasteiger partial charge in [-0.3, -0.25) is 4.79 Å². The molecule has 1 aliphatic heterocycles. The van der Waals surface area contributed by atoms with Gasteiger partial charge in [0.15, 0.2) is 0 Å². The van der Waals surface area contributed by atoms with Gasteiger partial charge in [0.05, 0.1) is 0 Å². The van der Waals surface area contributed by atoms with Crippen molar-refractivity contribution >= 4 is 5.91 Å². The summed E-state index contributed by atoms with van der Waals surface area (Å²) in [5.41, 5.74) is 5.58. The van der Waals surface area contributed by atoms with Gasteiger partial charge >= 0.3 is 0 Å². The Morgan fingerprint density at radius 2 is 2.38 bits per heavy atom. The highest BCUT2D eigenvalue weighted by Gasteiger charge is 2.20. The van der Waals surface area contributed by atoms with E-state index in [4.69, 9.17) is 5.73 Å². The second-order valence-corrected chi connectivity index (χ2v) is 4.94. The molecule has 0 radical (unpaired) electrons. The van der Waals surface area contributed by atoms with Crippen LogP contribution in [0.25, 0.3) is 0 Å². The molecule has 0 aliphatic carbocycles. The second kappa shape index (κ2) is 6.86. The predicted octanol–water partition coefficient (Wildman–Crippen LogP) is 0.429. The van der Waals surface area contributed by atoms with E-state index in [0.717, 1.165) is 26.1 Å². The van der Waals surface area contributed by atoms with E-state index in [2.05, 4.69) is 24.2 Å². The van der Waals surface area contributed by atoms with Crippen LogP contribution in [0.4, 0.5) is 0 Å². The lowest BCUT2D eigenvalue weighted by molar-refractivity contribution is -0.122. The Labute approximate surface area is 98.6 Å². The molecular formula is C12H25N3O. The van der Waals surface area contributed by atoms with Crippen molar-refractivity contribution in [2.45, 2.75) is 26.2 Å². The third-order valence-corrected chi connectivity index (χ3v) is 3.46. The molecule has 0 bridgehead atoms. The van der Waals surface area contributed by atoms with E-state index >= 15 is 0 Å². The number of carbonyl (C=O) groups is 1. The molecule has 2 atom stereocenters. The molecule has 1 saturated heterocycles. The Morgan fingerprint density at radius 1 is 1.62 bits per heavy atom. The minimum Gasteiger partial charge on any atom is -0.356 e. The van der Waals surface area contributed by atoms with Gasteiger partial charge in [0.2, 0.25) is 5.91 Å². The molecule has 4 nitrogen and oxygen atoms in total. The van der Waals surface area contributed by atoms with Crippen LogP contribution in [0.5, 0.6) is 0 Å². The van der Waals surface area contributed by atoms with Crippen LogP contribution in [0.3, 0.4) is 0 Å². The summed E-state index contributed by atoms with van der Waals surface area (Å²) in [5, 5.41) is 3.02. The van der Waals surface area contributed by atoms with Crippen molar-refractivity contribution in [2.75, 3.05) is 33.2 Å². The summed E-state index contributed by atoms with van der Waals surface area (Å²) in [6.07, 6.45) is 2.76. The van der Waals surface area contributed by atoms with E-state index in [0.29, 0.717) is 24.8 Å². The quantitative estimate of drug-likeness (QED) is 0.692. The highest BCUT2D eigenvalue weighted by atomic mass is 16.1. The standard InChI is InChI=1S/C12H25N3O/c1-3-10(7-13)6-12(16)14-8-11-4-5-15(2)9-11/h10-11H,3-9,13H2,1-2H3,(H,14,16). The van der Waals surface area contributed by atoms with Crippen LogP contribution in [-0.4, -0.2) is 44.0 Å². The minimum atomic E-state index is 0.159. The van der Waals surface area contributed by atoms with E-state index in [1.807, 2.05) is 0 Å². The highest BCUT2D eigenvalue weighted by Crippen LogP contribution is 2.13. The first-order valence-corrected chi connectivity index (χ1v) is 6.31. The van der Waals surface area contributed by atoms with Gasteiger partial charge in [0, 0.05) is 19.5 Å². The third-order valence-electron chi connectivity index (χ3n) is 3.46. The van der Waals surface area contributed by atoms with Crippen LogP contribution >= 0.6 is 0 Å². The average molecular weight is 227 g/mol. The molecule has 1 amide bonds. The van der Waals surface area contributed by atoms with Crippen LogP contribution in [0.1, 0.15) is 26.2 Å². The van der Waals surface area contributed by atoms with Crippen LogP contribution in [0.2, 0.25) is 0 Å². The van der Waals surface area contributed by atoms with Crippen LogP contribution in [-0.2, 0) is 4.79 Å². The number of nitrogens with zero attached hydrogens (tertiary/aromatic N) is 1. The number of nitrogens with two attached hydrogens (primary N) is 1. The van der Waals surface area contributed by atoms with E-state index in [1.54, 1.807) is 0 Å². The topological polar surface area (TPSA) is 58.4 Å². The van der Waals surface area contributed by atoms with Crippen molar-refractivity contribution in [3.8, 4) is 0 Å². The summed E-state index contributed by atoms with van der Waals surface area (Å²) in [4.78, 5) is 13.9. The van der Waals surface area contributed by atoms with E-state index in [1.165, 1.54) is 6.42 Å². The molecular weight excluding hydrogens is 202 g/mol. The lowest BCUT2D eigenvalue weighted by Crippen LogP contribution is -2.32. The Morgan fingerprint density at radius 3 is 2.88 bits per heavy atom. The molecule has 1 heterocycles. The average Bonchev–Trinajstić information content (AvgIpc) is 2.69. The fourth-order valence-electron chi connectivity index (χ4n) is 2.18. The molecule has 3 N–H and O–H groups in total. The molecule has 0 spiro atoms. The van der Waals surface area contributed by atoms with E-state index < -0.39 is 0 Å². The summed E-state index contributed by atoms with van der Waals surface area (Å²) in [6, 6.07) is 0. The maximum absolute atomic E-state index is 11.6. The third kappa shape index (κ3) is 4.49. The van der Waals surface area contributed by atoms with Gasteiger partial charge in [0.25, 0.3) is 0 Å². The minimum absolute atomic E-state index is 0.159. The molecule has 0 aromatic rings. The zero-order valence-electron chi connectivity index (χ0n) is 10.5. The highest BCUT2D eigenvalue weighted by molar-refractivity contribution is 5.76. The molecule has 0 saturated carbocycles. The van der Waals surface area contributed by atoms with Crippen LogP contribution < -0.4 is 11.1 Å². The van der Waals surface area contributed by atoms with Gasteiger partial charge in [0.1, 0.15) is 0 Å². The Bertz CT molecular complexity index is 216. The molecule has 94 valence electrons. The fraction of sp³-hybridized carbons (Fsp3) is 0.917. The van der Waals surface area contributed by atoms with Gasteiger partial charge in [-0.25, -0.2) is 0 Å². The summed E-state index contributed by atoms with van der Waals surface area (Å²) >= 11 is 0. The van der Waals surface area contributed by atoms with Gasteiger partial charge in [-0.1, -0.05) is 13.3 Å². The first-order chi connectivity index (χ1) is 7.65. The molecule has 1 rings (SSSR count). The van der Waals surface area contributed by atoms with Crippen molar-refractivity contribution in [3.63, 3.8) is 0 Å². The number of rotatable bonds is 6. The first kappa shape index (κ1) is 13.5. The monoisotopic (exact) mass is 227 g/mol. The molecule has 1 fully saturated rings. The summed E-state index contributed by atoms with van der Waals surface area (Å²) in [5.74, 6) is 1.13. The van der Waals surface area contributed by atoms with Gasteiger partial charge in [-0.2, -0.15) is 0 Å². The number of amides is 1. The second-order valence-electron chi connectivity index (χ2n) is 4.94. The number of hydrogen-bond acceptors (Lipinski definition) is 3. The molecule has 4 heteroatoms.